The van der Waals surface area contributed by atoms with Gasteiger partial charge in [0.25, 0.3) is 5.91 Å². The monoisotopic (exact) mass is 423 g/mol. The Hall–Kier alpha value is -3.84. The number of hydrogen-bond donors (Lipinski definition) is 1. The van der Waals surface area contributed by atoms with Crippen molar-refractivity contribution in [2.45, 2.75) is 0 Å². The first-order valence-corrected chi connectivity index (χ1v) is 9.25. The van der Waals surface area contributed by atoms with E-state index in [4.69, 9.17) is 9.94 Å². The minimum atomic E-state index is -1.04. The number of benzene rings is 4. The topological polar surface area (TPSA) is 66.8 Å². The van der Waals surface area contributed by atoms with Crippen molar-refractivity contribution >= 4 is 33.4 Å². The molecule has 0 fully saturated rings. The van der Waals surface area contributed by atoms with Gasteiger partial charge in [0.15, 0.2) is 0 Å². The van der Waals surface area contributed by atoms with Crippen molar-refractivity contribution in [1.82, 2.24) is 5.06 Å². The molecule has 4 rings (SSSR count). The van der Waals surface area contributed by atoms with Crippen molar-refractivity contribution in [3.63, 3.8) is 0 Å². The second kappa shape index (κ2) is 9.32. The van der Waals surface area contributed by atoms with Crippen LogP contribution in [0.2, 0.25) is 0 Å². The maximum atomic E-state index is 13.6. The fourth-order valence-electron chi connectivity index (χ4n) is 3.17. The highest BCUT2D eigenvalue weighted by Gasteiger charge is 2.15. The van der Waals surface area contributed by atoms with E-state index in [0.717, 1.165) is 5.06 Å². The number of aromatic carboxylic acids is 1. The van der Waals surface area contributed by atoms with Gasteiger partial charge in [0.2, 0.25) is 0 Å². The SMILES string of the molecule is CON(C)C(=O)c1cccc2c(F)cccc12.O=C(O)c1cccc2c(F)cccc12. The Bertz CT molecular complexity index is 1270. The Morgan fingerprint density at radius 2 is 1.16 bits per heavy atom. The fraction of sp³-hybridized carbons (Fsp3) is 0.0833. The Balaban J connectivity index is 0.000000179. The summed E-state index contributed by atoms with van der Waals surface area (Å²) in [7, 11) is 2.92. The van der Waals surface area contributed by atoms with Crippen molar-refractivity contribution in [1.29, 1.82) is 0 Å². The lowest BCUT2D eigenvalue weighted by atomic mass is 10.0. The van der Waals surface area contributed by atoms with Crippen molar-refractivity contribution in [3.8, 4) is 0 Å². The second-order valence-electron chi connectivity index (χ2n) is 6.57. The van der Waals surface area contributed by atoms with Crippen LogP contribution in [0.4, 0.5) is 8.78 Å². The number of carbonyl (C=O) groups is 2. The Labute approximate surface area is 177 Å². The van der Waals surface area contributed by atoms with Crippen LogP contribution in [0.3, 0.4) is 0 Å². The number of amides is 1. The van der Waals surface area contributed by atoms with Crippen molar-refractivity contribution < 1.29 is 28.3 Å². The highest BCUT2D eigenvalue weighted by molar-refractivity contribution is 6.06. The number of hydrogen-bond acceptors (Lipinski definition) is 3. The molecule has 0 heterocycles. The zero-order valence-corrected chi connectivity index (χ0v) is 16.8. The van der Waals surface area contributed by atoms with E-state index < -0.39 is 11.8 Å². The van der Waals surface area contributed by atoms with Gasteiger partial charge < -0.3 is 5.11 Å². The number of fused-ring (bicyclic) bond motifs is 2. The third kappa shape index (κ3) is 4.51. The summed E-state index contributed by atoms with van der Waals surface area (Å²) in [5.41, 5.74) is 0.549. The average Bonchev–Trinajstić information content (AvgIpc) is 2.78. The van der Waals surface area contributed by atoms with E-state index in [9.17, 15) is 18.4 Å². The minimum Gasteiger partial charge on any atom is -0.478 e. The van der Waals surface area contributed by atoms with E-state index in [2.05, 4.69) is 0 Å². The first-order chi connectivity index (χ1) is 14.8. The summed E-state index contributed by atoms with van der Waals surface area (Å²) in [4.78, 5) is 27.6. The average molecular weight is 423 g/mol. The lowest BCUT2D eigenvalue weighted by Crippen LogP contribution is -2.25. The molecule has 31 heavy (non-hydrogen) atoms. The fourth-order valence-corrected chi connectivity index (χ4v) is 3.17. The number of carboxylic acids is 1. The zero-order chi connectivity index (χ0) is 22.5. The molecule has 0 saturated heterocycles. The Morgan fingerprint density at radius 1 is 0.742 bits per heavy atom. The number of hydroxylamine groups is 2. The van der Waals surface area contributed by atoms with E-state index in [1.165, 1.54) is 44.5 Å². The van der Waals surface area contributed by atoms with E-state index in [1.807, 2.05) is 0 Å². The first-order valence-electron chi connectivity index (χ1n) is 9.25. The van der Waals surface area contributed by atoms with E-state index in [-0.39, 0.29) is 17.3 Å². The van der Waals surface area contributed by atoms with Gasteiger partial charge in [0.05, 0.1) is 12.7 Å². The number of halogens is 2. The zero-order valence-electron chi connectivity index (χ0n) is 16.8. The maximum absolute atomic E-state index is 13.6. The van der Waals surface area contributed by atoms with Gasteiger partial charge in [0, 0.05) is 23.4 Å². The molecule has 1 N–H and O–H groups in total. The van der Waals surface area contributed by atoms with Crippen LogP contribution in [0, 0.1) is 11.6 Å². The third-order valence-electron chi connectivity index (χ3n) is 4.76. The molecule has 4 aromatic rings. The Kier molecular flexibility index (Phi) is 6.57. The first kappa shape index (κ1) is 21.9. The van der Waals surface area contributed by atoms with Crippen LogP contribution < -0.4 is 0 Å². The van der Waals surface area contributed by atoms with Crippen LogP contribution >= 0.6 is 0 Å². The lowest BCUT2D eigenvalue weighted by Gasteiger charge is -2.15. The molecule has 0 aliphatic rings. The summed E-state index contributed by atoms with van der Waals surface area (Å²) < 4.78 is 26.8. The number of rotatable bonds is 3. The standard InChI is InChI=1S/C13H12FNO2.C11H7FO2/c1-15(17-2)13(16)11-7-3-6-10-9(11)5-4-8-12(10)14;12-10-6-2-3-7-8(10)4-1-5-9(7)11(13)14/h3-8H,1-2H3;1-6H,(H,13,14). The molecule has 0 aliphatic carbocycles. The molecule has 0 spiro atoms. The molecule has 7 heteroatoms. The van der Waals surface area contributed by atoms with Crippen LogP contribution in [0.15, 0.2) is 72.8 Å². The molecule has 0 aliphatic heterocycles. The van der Waals surface area contributed by atoms with Gasteiger partial charge in [-0.05, 0) is 35.0 Å². The molecule has 4 aromatic carbocycles. The number of carbonyl (C=O) groups excluding carboxylic acids is 1. The van der Waals surface area contributed by atoms with Gasteiger partial charge in [-0.3, -0.25) is 9.63 Å². The largest absolute Gasteiger partial charge is 0.478 e. The van der Waals surface area contributed by atoms with Crippen molar-refractivity contribution in [3.05, 3.63) is 95.6 Å². The third-order valence-corrected chi connectivity index (χ3v) is 4.76. The molecule has 5 nitrogen and oxygen atoms in total. The highest BCUT2D eigenvalue weighted by Crippen LogP contribution is 2.23. The van der Waals surface area contributed by atoms with Gasteiger partial charge in [0.1, 0.15) is 11.6 Å². The molecule has 1 amide bonds. The highest BCUT2D eigenvalue weighted by atomic mass is 19.1. The van der Waals surface area contributed by atoms with Crippen LogP contribution in [-0.4, -0.2) is 36.2 Å². The van der Waals surface area contributed by atoms with Crippen LogP contribution in [-0.2, 0) is 4.84 Å². The van der Waals surface area contributed by atoms with E-state index >= 15 is 0 Å². The summed E-state index contributed by atoms with van der Waals surface area (Å²) in [5.74, 6) is -2.08. The predicted molar refractivity (Wildman–Crippen MR) is 114 cm³/mol. The van der Waals surface area contributed by atoms with Gasteiger partial charge in [-0.2, -0.15) is 0 Å². The summed E-state index contributed by atoms with van der Waals surface area (Å²) in [5, 5.41) is 11.8. The quantitative estimate of drug-likeness (QED) is 0.455. The second-order valence-corrected chi connectivity index (χ2v) is 6.57. The van der Waals surface area contributed by atoms with Gasteiger partial charge in [-0.15, -0.1) is 0 Å². The summed E-state index contributed by atoms with van der Waals surface area (Å²) in [6.45, 7) is 0. The van der Waals surface area contributed by atoms with Crippen molar-refractivity contribution in [2.24, 2.45) is 0 Å². The number of carboxylic acid groups (broad SMARTS) is 1. The predicted octanol–water partition coefficient (Wildman–Crippen LogP) is 5.29. The molecule has 0 bridgehead atoms. The van der Waals surface area contributed by atoms with Crippen molar-refractivity contribution in [2.75, 3.05) is 14.2 Å². The normalized spacial score (nSPS) is 10.5. The minimum absolute atomic E-state index is 0.127. The summed E-state index contributed by atoms with van der Waals surface area (Å²) in [6, 6.07) is 18.6. The van der Waals surface area contributed by atoms with Crippen LogP contribution in [0.25, 0.3) is 21.5 Å². The van der Waals surface area contributed by atoms with Gasteiger partial charge in [-0.1, -0.05) is 48.5 Å². The summed E-state index contributed by atoms with van der Waals surface area (Å²) >= 11 is 0. The van der Waals surface area contributed by atoms with Gasteiger partial charge in [-0.25, -0.2) is 18.6 Å². The molecular formula is C24H19F2NO4. The van der Waals surface area contributed by atoms with Crippen LogP contribution in [0.1, 0.15) is 20.7 Å². The molecular weight excluding hydrogens is 404 g/mol. The van der Waals surface area contributed by atoms with Gasteiger partial charge >= 0.3 is 5.97 Å². The summed E-state index contributed by atoms with van der Waals surface area (Å²) in [6.07, 6.45) is 0. The lowest BCUT2D eigenvalue weighted by molar-refractivity contribution is -0.0755. The molecule has 0 unspecified atom stereocenters. The Morgan fingerprint density at radius 3 is 1.65 bits per heavy atom. The molecule has 0 atom stereocenters. The molecule has 0 aromatic heterocycles. The molecule has 0 radical (unpaired) electrons. The van der Waals surface area contributed by atoms with E-state index in [0.29, 0.717) is 27.1 Å². The molecule has 0 saturated carbocycles. The molecule has 158 valence electrons. The maximum Gasteiger partial charge on any atom is 0.336 e. The van der Waals surface area contributed by atoms with E-state index in [1.54, 1.807) is 42.5 Å². The van der Waals surface area contributed by atoms with Crippen LogP contribution in [0.5, 0.6) is 0 Å². The number of nitrogens with zero attached hydrogens (tertiary/aromatic N) is 1. The smallest absolute Gasteiger partial charge is 0.336 e.